The number of ether oxygens (including phenoxy) is 1. The molecule has 1 aliphatic rings. The molecule has 2 aromatic heterocycles. The number of nitrogens with zero attached hydrogens (tertiary/aromatic N) is 3. The zero-order valence-electron chi connectivity index (χ0n) is 11.7. The summed E-state index contributed by atoms with van der Waals surface area (Å²) in [7, 11) is 0. The van der Waals surface area contributed by atoms with E-state index in [1.54, 1.807) is 6.07 Å². The van der Waals surface area contributed by atoms with Crippen molar-refractivity contribution in [1.82, 2.24) is 14.6 Å². The van der Waals surface area contributed by atoms with E-state index in [9.17, 15) is 20.1 Å². The monoisotopic (exact) mass is 308 g/mol. The van der Waals surface area contributed by atoms with Crippen LogP contribution in [0.4, 0.5) is 5.82 Å². The molecule has 0 unspecified atom stereocenters. The van der Waals surface area contributed by atoms with Crippen molar-refractivity contribution in [3.63, 3.8) is 0 Å². The van der Waals surface area contributed by atoms with Gasteiger partial charge in [0.25, 0.3) is 0 Å². The van der Waals surface area contributed by atoms with E-state index in [-0.39, 0.29) is 11.5 Å². The SMILES string of the molecule is CC(=O)[C@@]1(c2ccc3c(N)ncnn23)O[C@H](CO)[C@@H](O)[C@H]1O. The zero-order valence-corrected chi connectivity index (χ0v) is 11.7. The average molecular weight is 308 g/mol. The Balaban J connectivity index is 2.24. The number of carbonyl (C=O) groups excluding carboxylic acids is 1. The molecule has 9 heteroatoms. The minimum atomic E-state index is -1.83. The van der Waals surface area contributed by atoms with Gasteiger partial charge in [0, 0.05) is 0 Å². The molecule has 118 valence electrons. The van der Waals surface area contributed by atoms with Gasteiger partial charge in [-0.3, -0.25) is 4.79 Å². The van der Waals surface area contributed by atoms with E-state index in [2.05, 4.69) is 10.1 Å². The Morgan fingerprint density at radius 1 is 1.50 bits per heavy atom. The summed E-state index contributed by atoms with van der Waals surface area (Å²) in [6, 6.07) is 3.11. The lowest BCUT2D eigenvalue weighted by atomic mass is 9.87. The molecule has 0 bridgehead atoms. The van der Waals surface area contributed by atoms with Gasteiger partial charge in [0.2, 0.25) is 0 Å². The third kappa shape index (κ3) is 1.77. The first-order chi connectivity index (χ1) is 10.4. The fraction of sp³-hybridized carbons (Fsp3) is 0.462. The van der Waals surface area contributed by atoms with E-state index in [1.165, 1.54) is 23.8 Å². The van der Waals surface area contributed by atoms with Crippen LogP contribution in [0.25, 0.3) is 5.52 Å². The summed E-state index contributed by atoms with van der Waals surface area (Å²) in [6.45, 7) is 0.702. The molecular formula is C13H16N4O5. The van der Waals surface area contributed by atoms with E-state index in [4.69, 9.17) is 10.5 Å². The Hall–Kier alpha value is -2.07. The largest absolute Gasteiger partial charge is 0.394 e. The Bertz CT molecular complexity index is 732. The topological polar surface area (TPSA) is 143 Å². The first kappa shape index (κ1) is 14.9. The van der Waals surface area contributed by atoms with E-state index in [0.717, 1.165) is 0 Å². The van der Waals surface area contributed by atoms with Gasteiger partial charge in [0.05, 0.1) is 12.3 Å². The van der Waals surface area contributed by atoms with Gasteiger partial charge in [0.1, 0.15) is 30.2 Å². The van der Waals surface area contributed by atoms with Crippen molar-refractivity contribution in [2.75, 3.05) is 12.3 Å². The molecule has 1 fully saturated rings. The van der Waals surface area contributed by atoms with Crippen LogP contribution in [0.15, 0.2) is 18.5 Å². The molecule has 3 rings (SSSR count). The fourth-order valence-electron chi connectivity index (χ4n) is 2.88. The Morgan fingerprint density at radius 3 is 2.82 bits per heavy atom. The van der Waals surface area contributed by atoms with Gasteiger partial charge in [-0.25, -0.2) is 9.50 Å². The number of Topliss-reactive ketones (excluding diaryl/α,β-unsaturated/α-hetero) is 1. The van der Waals surface area contributed by atoms with Crippen LogP contribution in [-0.4, -0.2) is 60.6 Å². The van der Waals surface area contributed by atoms with Crippen molar-refractivity contribution in [3.8, 4) is 0 Å². The third-order valence-electron chi connectivity index (χ3n) is 4.02. The number of carbonyl (C=O) groups is 1. The van der Waals surface area contributed by atoms with Crippen LogP contribution >= 0.6 is 0 Å². The molecule has 22 heavy (non-hydrogen) atoms. The van der Waals surface area contributed by atoms with E-state index >= 15 is 0 Å². The molecule has 0 amide bonds. The lowest BCUT2D eigenvalue weighted by Gasteiger charge is -2.29. The normalized spacial score (nSPS) is 31.7. The predicted molar refractivity (Wildman–Crippen MR) is 73.7 cm³/mol. The van der Waals surface area contributed by atoms with Crippen LogP contribution in [-0.2, 0) is 15.1 Å². The highest BCUT2D eigenvalue weighted by Crippen LogP contribution is 2.41. The van der Waals surface area contributed by atoms with Gasteiger partial charge in [0.15, 0.2) is 17.2 Å². The molecule has 0 radical (unpaired) electrons. The molecule has 0 aromatic carbocycles. The first-order valence-corrected chi connectivity index (χ1v) is 6.68. The van der Waals surface area contributed by atoms with Crippen molar-refractivity contribution in [3.05, 3.63) is 24.2 Å². The van der Waals surface area contributed by atoms with Crippen LogP contribution in [0.1, 0.15) is 12.6 Å². The van der Waals surface area contributed by atoms with Gasteiger partial charge in [-0.15, -0.1) is 0 Å². The number of nitrogen functional groups attached to an aromatic ring is 1. The van der Waals surface area contributed by atoms with E-state index < -0.39 is 36.3 Å². The van der Waals surface area contributed by atoms with Crippen molar-refractivity contribution in [1.29, 1.82) is 0 Å². The fourth-order valence-corrected chi connectivity index (χ4v) is 2.88. The second-order valence-corrected chi connectivity index (χ2v) is 5.23. The van der Waals surface area contributed by atoms with Crippen molar-refractivity contribution in [2.24, 2.45) is 0 Å². The molecule has 2 aromatic rings. The van der Waals surface area contributed by atoms with Crippen LogP contribution in [0.2, 0.25) is 0 Å². The summed E-state index contributed by atoms with van der Waals surface area (Å²) in [5.41, 5.74) is 4.58. The molecule has 4 atom stereocenters. The highest BCUT2D eigenvalue weighted by Gasteiger charge is 2.59. The number of anilines is 1. The molecule has 5 N–H and O–H groups in total. The smallest absolute Gasteiger partial charge is 0.196 e. The number of aliphatic hydroxyl groups excluding tert-OH is 3. The molecule has 1 aliphatic heterocycles. The number of aliphatic hydroxyl groups is 3. The second kappa shape index (κ2) is 4.99. The third-order valence-corrected chi connectivity index (χ3v) is 4.02. The lowest BCUT2D eigenvalue weighted by Crippen LogP contribution is -2.47. The molecule has 1 saturated heterocycles. The van der Waals surface area contributed by atoms with Crippen molar-refractivity contribution in [2.45, 2.75) is 30.8 Å². The maximum atomic E-state index is 12.2. The van der Waals surface area contributed by atoms with Crippen molar-refractivity contribution < 1.29 is 24.9 Å². The predicted octanol–water partition coefficient (Wildman–Crippen LogP) is -1.79. The zero-order chi connectivity index (χ0) is 16.1. The number of nitrogens with two attached hydrogens (primary N) is 1. The molecule has 9 nitrogen and oxygen atoms in total. The molecule has 0 aliphatic carbocycles. The van der Waals surface area contributed by atoms with E-state index in [0.29, 0.717) is 5.52 Å². The Kier molecular flexibility index (Phi) is 3.37. The van der Waals surface area contributed by atoms with Crippen LogP contribution in [0.5, 0.6) is 0 Å². The first-order valence-electron chi connectivity index (χ1n) is 6.68. The van der Waals surface area contributed by atoms with E-state index in [1.807, 2.05) is 0 Å². The van der Waals surface area contributed by atoms with Gasteiger partial charge in [-0.1, -0.05) is 0 Å². The summed E-state index contributed by atoms with van der Waals surface area (Å²) >= 11 is 0. The number of hydrogen-bond donors (Lipinski definition) is 4. The van der Waals surface area contributed by atoms with Crippen LogP contribution in [0, 0.1) is 0 Å². The van der Waals surface area contributed by atoms with Gasteiger partial charge >= 0.3 is 0 Å². The Labute approximate surface area is 125 Å². The van der Waals surface area contributed by atoms with Crippen LogP contribution < -0.4 is 5.73 Å². The lowest BCUT2D eigenvalue weighted by molar-refractivity contribution is -0.154. The minimum Gasteiger partial charge on any atom is -0.394 e. The summed E-state index contributed by atoms with van der Waals surface area (Å²) in [5, 5.41) is 33.7. The number of ketones is 1. The molecular weight excluding hydrogens is 292 g/mol. The number of hydrogen-bond acceptors (Lipinski definition) is 8. The van der Waals surface area contributed by atoms with Crippen LogP contribution in [0.3, 0.4) is 0 Å². The maximum Gasteiger partial charge on any atom is 0.196 e. The number of fused-ring (bicyclic) bond motifs is 1. The molecule has 0 spiro atoms. The standard InChI is InChI=1S/C13H16N4O5/c1-6(19)13(11(21)10(20)8(4-18)22-13)9-3-2-7-12(14)15-5-16-17(7)9/h2-3,5,8,10-11,18,20-21H,4H2,1H3,(H2,14,15,16)/t8-,10-,11-,13+/m1/s1. The highest BCUT2D eigenvalue weighted by molar-refractivity contribution is 5.88. The second-order valence-electron chi connectivity index (χ2n) is 5.23. The number of rotatable bonds is 3. The van der Waals surface area contributed by atoms with Gasteiger partial charge in [-0.2, -0.15) is 5.10 Å². The number of aromatic nitrogens is 3. The molecule has 3 heterocycles. The van der Waals surface area contributed by atoms with Crippen molar-refractivity contribution >= 4 is 17.1 Å². The minimum absolute atomic E-state index is 0.201. The summed E-state index contributed by atoms with van der Waals surface area (Å²) < 4.78 is 6.89. The average Bonchev–Trinajstić information content (AvgIpc) is 3.02. The summed E-state index contributed by atoms with van der Waals surface area (Å²) in [4.78, 5) is 16.1. The quantitative estimate of drug-likeness (QED) is 0.520. The van der Waals surface area contributed by atoms with Gasteiger partial charge < -0.3 is 25.8 Å². The van der Waals surface area contributed by atoms with Gasteiger partial charge in [-0.05, 0) is 19.1 Å². The summed E-state index contributed by atoms with van der Waals surface area (Å²) in [6.07, 6.45) is -2.82. The highest BCUT2D eigenvalue weighted by atomic mass is 16.6. The summed E-state index contributed by atoms with van der Waals surface area (Å²) in [5.74, 6) is -0.320. The molecule has 0 saturated carbocycles. The maximum absolute atomic E-state index is 12.2. The Morgan fingerprint density at radius 2 is 2.23 bits per heavy atom.